The van der Waals surface area contributed by atoms with Gasteiger partial charge in [-0.15, -0.1) is 0 Å². The van der Waals surface area contributed by atoms with E-state index in [-0.39, 0.29) is 30.7 Å². The highest BCUT2D eigenvalue weighted by molar-refractivity contribution is 9.10. The fourth-order valence-corrected chi connectivity index (χ4v) is 3.84. The minimum atomic E-state index is -0.301. The molecule has 0 radical (unpaired) electrons. The maximum atomic E-state index is 12.5. The molecule has 0 atom stereocenters. The number of nitrogens with one attached hydrogen (secondary N) is 1. The lowest BCUT2D eigenvalue weighted by molar-refractivity contribution is -0.121. The predicted octanol–water partition coefficient (Wildman–Crippen LogP) is 3.98. The molecule has 0 bridgehead atoms. The number of hydrogen-bond acceptors (Lipinski definition) is 4. The Kier molecular flexibility index (Phi) is 7.62. The highest BCUT2D eigenvalue weighted by Crippen LogP contribution is 2.26. The van der Waals surface area contributed by atoms with Crippen molar-refractivity contribution in [2.75, 3.05) is 13.6 Å². The van der Waals surface area contributed by atoms with Crippen LogP contribution in [0.4, 0.5) is 0 Å². The number of hydrogen-bond donors (Lipinski definition) is 1. The molecule has 7 heteroatoms. The minimum absolute atomic E-state index is 0.0913. The van der Waals surface area contributed by atoms with Crippen LogP contribution in [0.25, 0.3) is 0 Å². The highest BCUT2D eigenvalue weighted by atomic mass is 79.9. The monoisotopic (exact) mass is 485 g/mol. The van der Waals surface area contributed by atoms with Gasteiger partial charge in [-0.05, 0) is 56.6 Å². The lowest BCUT2D eigenvalue weighted by Crippen LogP contribution is -2.32. The maximum Gasteiger partial charge on any atom is 0.261 e. The summed E-state index contributed by atoms with van der Waals surface area (Å²) in [5.74, 6) is -0.688. The number of rotatable bonds is 9. The summed E-state index contributed by atoms with van der Waals surface area (Å²) in [6.45, 7) is 5.81. The van der Waals surface area contributed by atoms with Crippen molar-refractivity contribution in [1.82, 2.24) is 15.1 Å². The van der Waals surface area contributed by atoms with E-state index in [9.17, 15) is 14.4 Å². The SMILES string of the molecule is CC(C)N(C)Cc1ccccc1CNC(=O)CCCN1C(=O)c2ccc(Br)cc2C1=O. The number of benzene rings is 2. The fourth-order valence-electron chi connectivity index (χ4n) is 3.48. The molecule has 0 aromatic heterocycles. The average molecular weight is 486 g/mol. The van der Waals surface area contributed by atoms with Crippen molar-refractivity contribution in [2.45, 2.75) is 45.8 Å². The van der Waals surface area contributed by atoms with Crippen LogP contribution in [-0.4, -0.2) is 47.2 Å². The lowest BCUT2D eigenvalue weighted by Gasteiger charge is -2.22. The van der Waals surface area contributed by atoms with Crippen molar-refractivity contribution in [3.63, 3.8) is 0 Å². The van der Waals surface area contributed by atoms with Gasteiger partial charge in [0.15, 0.2) is 0 Å². The van der Waals surface area contributed by atoms with E-state index in [0.29, 0.717) is 30.1 Å². The van der Waals surface area contributed by atoms with E-state index in [1.165, 1.54) is 10.5 Å². The quantitative estimate of drug-likeness (QED) is 0.545. The summed E-state index contributed by atoms with van der Waals surface area (Å²) in [5, 5.41) is 2.96. The van der Waals surface area contributed by atoms with Crippen LogP contribution in [0.2, 0.25) is 0 Å². The van der Waals surface area contributed by atoms with Crippen molar-refractivity contribution in [3.8, 4) is 0 Å². The van der Waals surface area contributed by atoms with Crippen LogP contribution in [-0.2, 0) is 17.9 Å². The Morgan fingerprint density at radius 3 is 2.45 bits per heavy atom. The first kappa shape index (κ1) is 23.2. The van der Waals surface area contributed by atoms with Gasteiger partial charge in [-0.1, -0.05) is 40.2 Å². The normalized spacial score (nSPS) is 13.3. The van der Waals surface area contributed by atoms with Crippen LogP contribution in [0.3, 0.4) is 0 Å². The second kappa shape index (κ2) is 10.2. The molecule has 3 amide bonds. The van der Waals surface area contributed by atoms with Gasteiger partial charge in [0.05, 0.1) is 11.1 Å². The molecule has 1 aliphatic rings. The van der Waals surface area contributed by atoms with Crippen molar-refractivity contribution in [3.05, 3.63) is 69.2 Å². The largest absolute Gasteiger partial charge is 0.352 e. The van der Waals surface area contributed by atoms with Crippen molar-refractivity contribution < 1.29 is 14.4 Å². The standard InChI is InChI=1S/C24H28BrN3O3/c1-16(2)27(3)15-18-8-5-4-7-17(18)14-26-22(29)9-6-12-28-23(30)20-11-10-19(25)13-21(20)24(28)31/h4-5,7-8,10-11,13,16H,6,9,12,14-15H2,1-3H3,(H,26,29). The molecule has 2 aromatic rings. The third kappa shape index (κ3) is 5.60. The van der Waals surface area contributed by atoms with E-state index < -0.39 is 0 Å². The second-order valence-electron chi connectivity index (χ2n) is 8.11. The van der Waals surface area contributed by atoms with Crippen LogP contribution in [0, 0.1) is 0 Å². The van der Waals surface area contributed by atoms with Crippen LogP contribution in [0.15, 0.2) is 46.9 Å². The minimum Gasteiger partial charge on any atom is -0.352 e. The molecule has 0 unspecified atom stereocenters. The van der Waals surface area contributed by atoms with Crippen LogP contribution in [0.1, 0.15) is 58.5 Å². The number of carbonyl (C=O) groups is 3. The summed E-state index contributed by atoms with van der Waals surface area (Å²) < 4.78 is 0.758. The third-order valence-corrected chi connectivity index (χ3v) is 6.11. The number of imide groups is 1. The average Bonchev–Trinajstić information content (AvgIpc) is 2.97. The molecule has 0 saturated heterocycles. The number of fused-ring (bicyclic) bond motifs is 1. The molecular weight excluding hydrogens is 458 g/mol. The van der Waals surface area contributed by atoms with Crippen LogP contribution in [0.5, 0.6) is 0 Å². The zero-order valence-electron chi connectivity index (χ0n) is 18.2. The molecule has 164 valence electrons. The Hall–Kier alpha value is -2.51. The molecule has 1 aliphatic heterocycles. The van der Waals surface area contributed by atoms with E-state index in [1.54, 1.807) is 18.2 Å². The van der Waals surface area contributed by atoms with Gasteiger partial charge < -0.3 is 5.32 Å². The fraction of sp³-hybridized carbons (Fsp3) is 0.375. The Morgan fingerprint density at radius 1 is 1.06 bits per heavy atom. The maximum absolute atomic E-state index is 12.5. The molecule has 3 rings (SSSR count). The van der Waals surface area contributed by atoms with Crippen molar-refractivity contribution >= 4 is 33.7 Å². The van der Waals surface area contributed by atoms with E-state index in [2.05, 4.69) is 53.1 Å². The molecule has 6 nitrogen and oxygen atoms in total. The third-order valence-electron chi connectivity index (χ3n) is 5.61. The van der Waals surface area contributed by atoms with Gasteiger partial charge in [0.2, 0.25) is 5.91 Å². The zero-order chi connectivity index (χ0) is 22.5. The highest BCUT2D eigenvalue weighted by Gasteiger charge is 2.35. The summed E-state index contributed by atoms with van der Waals surface area (Å²) in [4.78, 5) is 40.8. The number of nitrogens with zero attached hydrogens (tertiary/aromatic N) is 2. The summed E-state index contributed by atoms with van der Waals surface area (Å²) in [5.41, 5.74) is 3.11. The predicted molar refractivity (Wildman–Crippen MR) is 124 cm³/mol. The lowest BCUT2D eigenvalue weighted by atomic mass is 10.1. The van der Waals surface area contributed by atoms with Gasteiger partial charge >= 0.3 is 0 Å². The Labute approximate surface area is 191 Å². The second-order valence-corrected chi connectivity index (χ2v) is 9.03. The van der Waals surface area contributed by atoms with E-state index in [4.69, 9.17) is 0 Å². The molecular formula is C24H28BrN3O3. The first-order valence-electron chi connectivity index (χ1n) is 10.5. The van der Waals surface area contributed by atoms with Gasteiger partial charge in [-0.2, -0.15) is 0 Å². The molecule has 0 spiro atoms. The Balaban J connectivity index is 1.49. The Bertz CT molecular complexity index is 990. The number of halogens is 1. The molecule has 31 heavy (non-hydrogen) atoms. The summed E-state index contributed by atoms with van der Waals surface area (Å²) in [6.07, 6.45) is 0.682. The van der Waals surface area contributed by atoms with Crippen LogP contribution >= 0.6 is 15.9 Å². The topological polar surface area (TPSA) is 69.7 Å². The molecule has 1 N–H and O–H groups in total. The van der Waals surface area contributed by atoms with Gasteiger partial charge in [0.25, 0.3) is 11.8 Å². The first-order valence-corrected chi connectivity index (χ1v) is 11.3. The molecule has 0 saturated carbocycles. The van der Waals surface area contributed by atoms with Gasteiger partial charge in [0.1, 0.15) is 0 Å². The van der Waals surface area contributed by atoms with Crippen molar-refractivity contribution in [1.29, 1.82) is 0 Å². The van der Waals surface area contributed by atoms with Gasteiger partial charge in [0, 0.05) is 36.6 Å². The van der Waals surface area contributed by atoms with Gasteiger partial charge in [-0.25, -0.2) is 0 Å². The van der Waals surface area contributed by atoms with Crippen LogP contribution < -0.4 is 5.32 Å². The summed E-state index contributed by atoms with van der Waals surface area (Å²) >= 11 is 3.33. The summed E-state index contributed by atoms with van der Waals surface area (Å²) in [7, 11) is 2.08. The Morgan fingerprint density at radius 2 is 1.74 bits per heavy atom. The van der Waals surface area contributed by atoms with E-state index in [1.807, 2.05) is 18.2 Å². The number of amides is 3. The van der Waals surface area contributed by atoms with Gasteiger partial charge in [-0.3, -0.25) is 24.2 Å². The van der Waals surface area contributed by atoms with E-state index >= 15 is 0 Å². The molecule has 0 aliphatic carbocycles. The zero-order valence-corrected chi connectivity index (χ0v) is 19.7. The molecule has 1 heterocycles. The summed E-state index contributed by atoms with van der Waals surface area (Å²) in [6, 6.07) is 13.6. The molecule has 0 fully saturated rings. The molecule has 2 aromatic carbocycles. The van der Waals surface area contributed by atoms with Crippen molar-refractivity contribution in [2.24, 2.45) is 0 Å². The number of carbonyl (C=O) groups excluding carboxylic acids is 3. The first-order chi connectivity index (χ1) is 14.8. The smallest absolute Gasteiger partial charge is 0.261 e. The van der Waals surface area contributed by atoms with E-state index in [0.717, 1.165) is 16.6 Å².